The minimum absolute atomic E-state index is 0.0572. The van der Waals surface area contributed by atoms with E-state index in [-0.39, 0.29) is 75.1 Å². The number of benzene rings is 6. The van der Waals surface area contributed by atoms with Crippen LogP contribution in [0.5, 0.6) is 11.5 Å². The highest BCUT2D eigenvalue weighted by Gasteiger charge is 2.18. The van der Waals surface area contributed by atoms with Crippen LogP contribution in [0.3, 0.4) is 0 Å². The maximum absolute atomic E-state index is 15.0. The van der Waals surface area contributed by atoms with E-state index in [2.05, 4.69) is 0 Å². The highest BCUT2D eigenvalue weighted by molar-refractivity contribution is 5.73. The molecule has 0 N–H and O–H groups in total. The fourth-order valence-corrected chi connectivity index (χ4v) is 5.80. The van der Waals surface area contributed by atoms with Gasteiger partial charge in [0.25, 0.3) is 0 Å². The van der Waals surface area contributed by atoms with Crippen LogP contribution >= 0.6 is 0 Å². The molecule has 54 heavy (non-hydrogen) atoms. The van der Waals surface area contributed by atoms with Gasteiger partial charge in [0.05, 0.1) is 13.2 Å². The lowest BCUT2D eigenvalue weighted by Gasteiger charge is -2.14. The minimum Gasteiger partial charge on any atom is -0.493 e. The first-order chi connectivity index (χ1) is 25.8. The van der Waals surface area contributed by atoms with Crippen LogP contribution in [0.15, 0.2) is 97.1 Å². The number of ether oxygens (including phenoxy) is 2. The maximum Gasteiger partial charge on any atom is 0.194 e. The molecule has 0 fully saturated rings. The summed E-state index contributed by atoms with van der Waals surface area (Å²) in [5.41, 5.74) is -0.368. The van der Waals surface area contributed by atoms with Crippen molar-refractivity contribution in [2.24, 2.45) is 5.92 Å². The Labute approximate surface area is 303 Å². The Morgan fingerprint density at radius 1 is 0.370 bits per heavy atom. The van der Waals surface area contributed by atoms with Gasteiger partial charge in [0.1, 0.15) is 34.8 Å². The largest absolute Gasteiger partial charge is 0.493 e. The van der Waals surface area contributed by atoms with E-state index in [1.807, 2.05) is 6.92 Å². The predicted octanol–water partition coefficient (Wildman–Crippen LogP) is 12.6. The summed E-state index contributed by atoms with van der Waals surface area (Å²) in [6.45, 7) is 2.41. The molecular formula is C42H28F10O2. The number of hydrogen-bond acceptors (Lipinski definition) is 2. The molecule has 0 heterocycles. The van der Waals surface area contributed by atoms with Crippen molar-refractivity contribution >= 4 is 0 Å². The SMILES string of the molecule is CC(CCOc1ccc(-c2ccc(-c3cc(F)c(F)c(F)c3)c(F)c2)c(F)c1)CCOc1ccc(-c2ccc(-c3cc(F)c(F)c(F)c3)c(F)c2)c(F)c1. The fraction of sp³-hybridized carbons (Fsp3) is 0.143. The zero-order valence-corrected chi connectivity index (χ0v) is 28.2. The smallest absolute Gasteiger partial charge is 0.194 e. The van der Waals surface area contributed by atoms with Crippen LogP contribution < -0.4 is 9.47 Å². The quantitative estimate of drug-likeness (QED) is 0.0915. The van der Waals surface area contributed by atoms with Gasteiger partial charge in [0.15, 0.2) is 34.9 Å². The summed E-state index contributed by atoms with van der Waals surface area (Å²) < 4.78 is 152. The lowest BCUT2D eigenvalue weighted by Crippen LogP contribution is -2.09. The van der Waals surface area contributed by atoms with E-state index in [0.29, 0.717) is 37.1 Å². The summed E-state index contributed by atoms with van der Waals surface area (Å²) in [7, 11) is 0. The van der Waals surface area contributed by atoms with Crippen molar-refractivity contribution in [1.29, 1.82) is 0 Å². The van der Waals surface area contributed by atoms with Crippen molar-refractivity contribution in [3.63, 3.8) is 0 Å². The summed E-state index contributed by atoms with van der Waals surface area (Å²) >= 11 is 0. The van der Waals surface area contributed by atoms with Gasteiger partial charge in [-0.3, -0.25) is 0 Å². The lowest BCUT2D eigenvalue weighted by molar-refractivity contribution is 0.244. The molecule has 0 atom stereocenters. The zero-order chi connectivity index (χ0) is 38.7. The monoisotopic (exact) mass is 754 g/mol. The molecule has 0 unspecified atom stereocenters. The van der Waals surface area contributed by atoms with Crippen molar-refractivity contribution in [1.82, 2.24) is 0 Å². The summed E-state index contributed by atoms with van der Waals surface area (Å²) in [4.78, 5) is 0. The highest BCUT2D eigenvalue weighted by Crippen LogP contribution is 2.34. The normalized spacial score (nSPS) is 11.3. The standard InChI is InChI=1S/C42H28F10O2/c1-22(10-12-53-27-4-8-29(35(45)20-27)23-2-6-31(33(43)14-23)25-16-37(47)41(51)38(48)17-25)11-13-54-28-5-9-30(36(46)21-28)24-3-7-32(34(44)15-24)26-18-39(49)42(52)40(50)19-26/h2-9,14-22H,10-13H2,1H3. The molecule has 0 saturated heterocycles. The van der Waals surface area contributed by atoms with Gasteiger partial charge in [-0.05, 0) is 102 Å². The molecular weight excluding hydrogens is 726 g/mol. The van der Waals surface area contributed by atoms with Gasteiger partial charge in [-0.1, -0.05) is 31.2 Å². The summed E-state index contributed by atoms with van der Waals surface area (Å²) in [5, 5.41) is 0. The third kappa shape index (κ3) is 8.38. The van der Waals surface area contributed by atoms with Gasteiger partial charge < -0.3 is 9.47 Å². The topological polar surface area (TPSA) is 18.5 Å². The molecule has 0 saturated carbocycles. The first-order valence-corrected chi connectivity index (χ1v) is 16.5. The molecule has 278 valence electrons. The molecule has 0 amide bonds. The lowest BCUT2D eigenvalue weighted by atomic mass is 9.99. The van der Waals surface area contributed by atoms with Crippen LogP contribution in [0.2, 0.25) is 0 Å². The van der Waals surface area contributed by atoms with E-state index in [0.717, 1.165) is 24.3 Å². The number of halogens is 10. The molecule has 6 aromatic rings. The number of hydrogen-bond donors (Lipinski definition) is 0. The van der Waals surface area contributed by atoms with E-state index in [1.54, 1.807) is 0 Å². The van der Waals surface area contributed by atoms with E-state index < -0.39 is 58.2 Å². The molecule has 2 nitrogen and oxygen atoms in total. The molecule has 0 aliphatic rings. The van der Waals surface area contributed by atoms with Crippen molar-refractivity contribution < 1.29 is 53.4 Å². The first-order valence-electron chi connectivity index (χ1n) is 16.5. The summed E-state index contributed by atoms with van der Waals surface area (Å²) in [6.07, 6.45) is 1.13. The Balaban J connectivity index is 0.984. The van der Waals surface area contributed by atoms with Gasteiger partial charge in [0.2, 0.25) is 0 Å². The fourth-order valence-electron chi connectivity index (χ4n) is 5.80. The number of rotatable bonds is 12. The molecule has 0 bridgehead atoms. The van der Waals surface area contributed by atoms with Crippen LogP contribution in [0.1, 0.15) is 19.8 Å². The zero-order valence-electron chi connectivity index (χ0n) is 28.2. The third-order valence-corrected chi connectivity index (χ3v) is 8.79. The second-order valence-corrected chi connectivity index (χ2v) is 12.6. The average Bonchev–Trinajstić information content (AvgIpc) is 3.12. The van der Waals surface area contributed by atoms with Gasteiger partial charge in [-0.25, -0.2) is 43.9 Å². The van der Waals surface area contributed by atoms with Gasteiger partial charge in [0, 0.05) is 34.4 Å². The van der Waals surface area contributed by atoms with E-state index in [4.69, 9.17) is 9.47 Å². The van der Waals surface area contributed by atoms with Crippen LogP contribution in [0, 0.1) is 64.1 Å². The predicted molar refractivity (Wildman–Crippen MR) is 184 cm³/mol. The summed E-state index contributed by atoms with van der Waals surface area (Å²) in [6, 6.07) is 18.0. The van der Waals surface area contributed by atoms with E-state index in [9.17, 15) is 35.1 Å². The Morgan fingerprint density at radius 2 is 0.667 bits per heavy atom. The second kappa shape index (κ2) is 16.1. The second-order valence-electron chi connectivity index (χ2n) is 12.6. The Hall–Kier alpha value is -5.78. The van der Waals surface area contributed by atoms with Crippen molar-refractivity contribution in [3.8, 4) is 56.0 Å². The molecule has 0 spiro atoms. The third-order valence-electron chi connectivity index (χ3n) is 8.79. The van der Waals surface area contributed by atoms with Crippen molar-refractivity contribution in [2.75, 3.05) is 13.2 Å². The van der Waals surface area contributed by atoms with Crippen LogP contribution in [-0.4, -0.2) is 13.2 Å². The molecule has 0 aromatic heterocycles. The van der Waals surface area contributed by atoms with Crippen LogP contribution in [0.4, 0.5) is 43.9 Å². The van der Waals surface area contributed by atoms with Gasteiger partial charge in [-0.2, -0.15) is 0 Å². The van der Waals surface area contributed by atoms with Crippen molar-refractivity contribution in [2.45, 2.75) is 19.8 Å². The molecule has 0 aliphatic heterocycles. The highest BCUT2D eigenvalue weighted by atomic mass is 19.2. The Morgan fingerprint density at radius 3 is 1.00 bits per heavy atom. The molecule has 0 aliphatic carbocycles. The van der Waals surface area contributed by atoms with E-state index >= 15 is 8.78 Å². The first kappa shape index (κ1) is 38.0. The Kier molecular flexibility index (Phi) is 11.3. The van der Waals surface area contributed by atoms with Crippen LogP contribution in [-0.2, 0) is 0 Å². The molecule has 6 rings (SSSR count). The van der Waals surface area contributed by atoms with Gasteiger partial charge >= 0.3 is 0 Å². The summed E-state index contributed by atoms with van der Waals surface area (Å²) in [5.74, 6) is -11.8. The minimum atomic E-state index is -1.67. The molecule has 0 radical (unpaired) electrons. The molecule has 12 heteroatoms. The van der Waals surface area contributed by atoms with E-state index in [1.165, 1.54) is 48.5 Å². The Bertz CT molecular complexity index is 2130. The van der Waals surface area contributed by atoms with Gasteiger partial charge in [-0.15, -0.1) is 0 Å². The maximum atomic E-state index is 15.0. The average molecular weight is 755 g/mol. The molecule has 6 aromatic carbocycles. The van der Waals surface area contributed by atoms with Crippen molar-refractivity contribution in [3.05, 3.63) is 155 Å². The van der Waals surface area contributed by atoms with Crippen LogP contribution in [0.25, 0.3) is 44.5 Å².